The van der Waals surface area contributed by atoms with Gasteiger partial charge in [0.25, 0.3) is 5.91 Å². The molecule has 1 aromatic heterocycles. The number of benzene rings is 2. The lowest BCUT2D eigenvalue weighted by molar-refractivity contribution is -0.117. The van der Waals surface area contributed by atoms with Crippen LogP contribution in [-0.2, 0) is 4.79 Å². The van der Waals surface area contributed by atoms with Crippen LogP contribution in [0, 0.1) is 3.95 Å². The number of hydrogen-bond acceptors (Lipinski definition) is 6. The number of carbonyl (C=O) groups is 2. The minimum absolute atomic E-state index is 0.0929. The van der Waals surface area contributed by atoms with Crippen LogP contribution in [-0.4, -0.2) is 27.3 Å². The second-order valence-electron chi connectivity index (χ2n) is 4.91. The molecule has 0 aliphatic rings. The van der Waals surface area contributed by atoms with Crippen LogP contribution in [0.4, 0.5) is 0 Å². The van der Waals surface area contributed by atoms with Crippen molar-refractivity contribution in [3.8, 4) is 5.69 Å². The lowest BCUT2D eigenvalue weighted by Crippen LogP contribution is -2.31. The van der Waals surface area contributed by atoms with Gasteiger partial charge in [0.05, 0.1) is 11.4 Å². The Morgan fingerprint density at radius 3 is 2.40 bits per heavy atom. The second-order valence-corrected chi connectivity index (χ2v) is 7.76. The summed E-state index contributed by atoms with van der Waals surface area (Å²) in [6.07, 6.45) is 0. The zero-order valence-corrected chi connectivity index (χ0v) is 15.4. The molecule has 0 saturated heterocycles. The summed E-state index contributed by atoms with van der Waals surface area (Å²) in [5.74, 6) is -0.685. The monoisotopic (exact) mass is 387 g/mol. The molecule has 0 unspecified atom stereocenters. The highest BCUT2D eigenvalue weighted by molar-refractivity contribution is 8.01. The van der Waals surface area contributed by atoms with Gasteiger partial charge in [0.1, 0.15) is 0 Å². The third-order valence-electron chi connectivity index (χ3n) is 3.15. The molecule has 2 aromatic carbocycles. The Kier molecular flexibility index (Phi) is 5.75. The van der Waals surface area contributed by atoms with Crippen LogP contribution >= 0.6 is 35.3 Å². The Hall–Kier alpha value is -2.29. The van der Waals surface area contributed by atoms with E-state index in [-0.39, 0.29) is 11.7 Å². The number of hydrogen-bond donors (Lipinski definition) is 1. The molecule has 3 rings (SSSR count). The van der Waals surface area contributed by atoms with Crippen molar-refractivity contribution in [2.45, 2.75) is 4.34 Å². The summed E-state index contributed by atoms with van der Waals surface area (Å²) in [7, 11) is 0. The number of carbonyl (C=O) groups excluding carboxylic acids is 2. The van der Waals surface area contributed by atoms with Gasteiger partial charge in [-0.2, -0.15) is 0 Å². The first-order valence-corrected chi connectivity index (χ1v) is 9.52. The summed E-state index contributed by atoms with van der Waals surface area (Å²) in [6, 6.07) is 18.2. The lowest BCUT2D eigenvalue weighted by Gasteiger charge is -2.03. The van der Waals surface area contributed by atoms with Gasteiger partial charge in [0, 0.05) is 5.56 Å². The minimum Gasteiger partial charge on any atom is -0.292 e. The molecule has 0 bridgehead atoms. The summed E-state index contributed by atoms with van der Waals surface area (Å²) >= 11 is 7.90. The van der Waals surface area contributed by atoms with Gasteiger partial charge in [0.2, 0.25) is 5.91 Å². The van der Waals surface area contributed by atoms with Crippen molar-refractivity contribution in [3.63, 3.8) is 0 Å². The van der Waals surface area contributed by atoms with E-state index in [9.17, 15) is 9.59 Å². The molecule has 1 N–H and O–H groups in total. The molecule has 1 heterocycles. The van der Waals surface area contributed by atoms with Crippen molar-refractivity contribution >= 4 is 47.1 Å². The van der Waals surface area contributed by atoms with Crippen molar-refractivity contribution in [3.05, 3.63) is 70.2 Å². The fraction of sp³-hybridized carbons (Fsp3) is 0.0588. The number of para-hydroxylation sites is 1. The maximum atomic E-state index is 12.0. The summed E-state index contributed by atoms with van der Waals surface area (Å²) in [5, 5.41) is 6.78. The first kappa shape index (κ1) is 17.5. The van der Waals surface area contributed by atoms with E-state index < -0.39 is 5.91 Å². The van der Waals surface area contributed by atoms with Crippen LogP contribution in [0.1, 0.15) is 10.4 Å². The average Bonchev–Trinajstić information content (AvgIpc) is 3.02. The van der Waals surface area contributed by atoms with Crippen LogP contribution in [0.25, 0.3) is 5.69 Å². The fourth-order valence-electron chi connectivity index (χ4n) is 2.00. The smallest absolute Gasteiger partial charge is 0.257 e. The first-order valence-electron chi connectivity index (χ1n) is 7.31. The van der Waals surface area contributed by atoms with E-state index in [0.717, 1.165) is 5.69 Å². The predicted octanol–water partition coefficient (Wildman–Crippen LogP) is 3.71. The molecule has 0 radical (unpaired) electrons. The van der Waals surface area contributed by atoms with Gasteiger partial charge in [-0.1, -0.05) is 59.5 Å². The highest BCUT2D eigenvalue weighted by Gasteiger charge is 2.12. The number of imide groups is 1. The standard InChI is InChI=1S/C17H13N3O2S3/c21-14(18-15(22)12-7-3-1-4-8-12)11-24-16-19-20(17(23)25-16)13-9-5-2-6-10-13/h1-10H,11H2,(H,18,21,22). The Labute approximate surface area is 157 Å². The van der Waals surface area contributed by atoms with Crippen molar-refractivity contribution in [1.82, 2.24) is 15.1 Å². The Bertz CT molecular complexity index is 937. The minimum atomic E-state index is -0.409. The van der Waals surface area contributed by atoms with Gasteiger partial charge < -0.3 is 0 Å². The summed E-state index contributed by atoms with van der Waals surface area (Å²) in [5.41, 5.74) is 1.32. The Morgan fingerprint density at radius 1 is 1.08 bits per heavy atom. The molecule has 0 aliphatic carbocycles. The molecule has 0 aliphatic heterocycles. The Morgan fingerprint density at radius 2 is 1.72 bits per heavy atom. The molecular weight excluding hydrogens is 374 g/mol. The molecule has 3 aromatic rings. The predicted molar refractivity (Wildman–Crippen MR) is 102 cm³/mol. The molecule has 126 valence electrons. The highest BCUT2D eigenvalue weighted by Crippen LogP contribution is 2.23. The molecule has 5 nitrogen and oxygen atoms in total. The zero-order chi connectivity index (χ0) is 17.6. The molecule has 0 spiro atoms. The maximum absolute atomic E-state index is 12.0. The fourth-order valence-corrected chi connectivity index (χ4v) is 4.16. The summed E-state index contributed by atoms with van der Waals surface area (Å²) < 4.78 is 2.95. The van der Waals surface area contributed by atoms with E-state index in [1.807, 2.05) is 36.4 Å². The van der Waals surface area contributed by atoms with Crippen LogP contribution in [0.3, 0.4) is 0 Å². The van der Waals surface area contributed by atoms with Crippen LogP contribution in [0.5, 0.6) is 0 Å². The third kappa shape index (κ3) is 4.62. The van der Waals surface area contributed by atoms with Gasteiger partial charge in [0.15, 0.2) is 8.29 Å². The highest BCUT2D eigenvalue weighted by atomic mass is 32.2. The van der Waals surface area contributed by atoms with Crippen molar-refractivity contribution in [2.24, 2.45) is 0 Å². The van der Waals surface area contributed by atoms with E-state index in [0.29, 0.717) is 13.9 Å². The second kappa shape index (κ2) is 8.19. The molecular formula is C17H13N3O2S3. The van der Waals surface area contributed by atoms with Gasteiger partial charge in [-0.3, -0.25) is 14.9 Å². The maximum Gasteiger partial charge on any atom is 0.257 e. The molecule has 0 saturated carbocycles. The number of rotatable bonds is 5. The number of thioether (sulfide) groups is 1. The average molecular weight is 388 g/mol. The number of amides is 2. The van der Waals surface area contributed by atoms with Crippen LogP contribution < -0.4 is 5.32 Å². The van der Waals surface area contributed by atoms with E-state index in [2.05, 4.69) is 10.4 Å². The number of aromatic nitrogens is 2. The summed E-state index contributed by atoms with van der Waals surface area (Å²) in [6.45, 7) is 0. The lowest BCUT2D eigenvalue weighted by atomic mass is 10.2. The number of nitrogens with zero attached hydrogens (tertiary/aromatic N) is 2. The largest absolute Gasteiger partial charge is 0.292 e. The van der Waals surface area contributed by atoms with E-state index in [4.69, 9.17) is 12.2 Å². The normalized spacial score (nSPS) is 10.4. The van der Waals surface area contributed by atoms with Crippen molar-refractivity contribution in [1.29, 1.82) is 0 Å². The molecule has 25 heavy (non-hydrogen) atoms. The number of nitrogens with one attached hydrogen (secondary N) is 1. The quantitative estimate of drug-likeness (QED) is 0.534. The van der Waals surface area contributed by atoms with Gasteiger partial charge in [-0.15, -0.1) is 5.10 Å². The van der Waals surface area contributed by atoms with Gasteiger partial charge >= 0.3 is 0 Å². The molecule has 0 atom stereocenters. The van der Waals surface area contributed by atoms with Gasteiger partial charge in [-0.05, 0) is 36.5 Å². The van der Waals surface area contributed by atoms with Gasteiger partial charge in [-0.25, -0.2) is 4.68 Å². The van der Waals surface area contributed by atoms with Crippen LogP contribution in [0.2, 0.25) is 0 Å². The first-order chi connectivity index (χ1) is 12.1. The van der Waals surface area contributed by atoms with E-state index in [1.54, 1.807) is 28.9 Å². The molecule has 0 fully saturated rings. The van der Waals surface area contributed by atoms with Crippen LogP contribution in [0.15, 0.2) is 65.0 Å². The van der Waals surface area contributed by atoms with Crippen molar-refractivity contribution in [2.75, 3.05) is 5.75 Å². The SMILES string of the molecule is O=C(CSc1nn(-c2ccccc2)c(=S)s1)NC(=O)c1ccccc1. The molecule has 2 amide bonds. The Balaban J connectivity index is 1.60. The van der Waals surface area contributed by atoms with E-state index in [1.165, 1.54) is 23.1 Å². The van der Waals surface area contributed by atoms with E-state index >= 15 is 0 Å². The third-order valence-corrected chi connectivity index (χ3v) is 5.51. The topological polar surface area (TPSA) is 64.0 Å². The molecule has 8 heteroatoms. The summed E-state index contributed by atoms with van der Waals surface area (Å²) in [4.78, 5) is 23.9. The zero-order valence-electron chi connectivity index (χ0n) is 12.9. The van der Waals surface area contributed by atoms with Crippen molar-refractivity contribution < 1.29 is 9.59 Å².